The van der Waals surface area contributed by atoms with Gasteiger partial charge in [0, 0.05) is 37.8 Å². The van der Waals surface area contributed by atoms with Gasteiger partial charge in [0.2, 0.25) is 0 Å². The van der Waals surface area contributed by atoms with Crippen LogP contribution in [0.2, 0.25) is 0 Å². The molecule has 0 saturated carbocycles. The van der Waals surface area contributed by atoms with Crippen molar-refractivity contribution in [1.29, 1.82) is 0 Å². The average molecular weight is 246 g/mol. The Morgan fingerprint density at radius 2 is 2.11 bits per heavy atom. The SMILES string of the molecule is CCc1nc(CC)n(CC(=O)c2ccn(C)c2)n1. The van der Waals surface area contributed by atoms with Crippen LogP contribution >= 0.6 is 0 Å². The van der Waals surface area contributed by atoms with Gasteiger partial charge in [-0.15, -0.1) is 0 Å². The predicted molar refractivity (Wildman–Crippen MR) is 68.5 cm³/mol. The fourth-order valence-corrected chi connectivity index (χ4v) is 1.86. The molecule has 0 aromatic carbocycles. The zero-order valence-corrected chi connectivity index (χ0v) is 11.1. The number of ketones is 1. The number of carbonyl (C=O) groups is 1. The van der Waals surface area contributed by atoms with Crippen LogP contribution in [0.5, 0.6) is 0 Å². The number of aromatic nitrogens is 4. The van der Waals surface area contributed by atoms with E-state index in [4.69, 9.17) is 0 Å². The van der Waals surface area contributed by atoms with Crippen molar-refractivity contribution in [3.63, 3.8) is 0 Å². The Morgan fingerprint density at radius 1 is 1.33 bits per heavy atom. The lowest BCUT2D eigenvalue weighted by Gasteiger charge is -2.02. The highest BCUT2D eigenvalue weighted by molar-refractivity contribution is 5.95. The van der Waals surface area contributed by atoms with Crippen LogP contribution in [0.15, 0.2) is 18.5 Å². The van der Waals surface area contributed by atoms with Crippen molar-refractivity contribution in [3.8, 4) is 0 Å². The molecule has 0 atom stereocenters. The highest BCUT2D eigenvalue weighted by atomic mass is 16.1. The van der Waals surface area contributed by atoms with Crippen molar-refractivity contribution >= 4 is 5.78 Å². The van der Waals surface area contributed by atoms with Crippen LogP contribution in [0.3, 0.4) is 0 Å². The third kappa shape index (κ3) is 2.50. The molecule has 18 heavy (non-hydrogen) atoms. The monoisotopic (exact) mass is 246 g/mol. The Morgan fingerprint density at radius 3 is 2.67 bits per heavy atom. The summed E-state index contributed by atoms with van der Waals surface area (Å²) in [6, 6.07) is 1.83. The lowest BCUT2D eigenvalue weighted by atomic mass is 10.2. The number of hydrogen-bond acceptors (Lipinski definition) is 3. The van der Waals surface area contributed by atoms with E-state index in [-0.39, 0.29) is 12.3 Å². The maximum atomic E-state index is 12.1. The molecule has 0 unspecified atom stereocenters. The predicted octanol–water partition coefficient (Wildman–Crippen LogP) is 1.62. The van der Waals surface area contributed by atoms with E-state index in [0.717, 1.165) is 24.5 Å². The van der Waals surface area contributed by atoms with Crippen molar-refractivity contribution < 1.29 is 4.79 Å². The third-order valence-corrected chi connectivity index (χ3v) is 2.87. The molecule has 2 aromatic heterocycles. The summed E-state index contributed by atoms with van der Waals surface area (Å²) in [5.74, 6) is 1.74. The largest absolute Gasteiger partial charge is 0.357 e. The molecular weight excluding hydrogens is 228 g/mol. The number of hydrogen-bond donors (Lipinski definition) is 0. The third-order valence-electron chi connectivity index (χ3n) is 2.87. The molecule has 0 spiro atoms. The molecule has 0 bridgehead atoms. The van der Waals surface area contributed by atoms with Crippen molar-refractivity contribution in [2.24, 2.45) is 7.05 Å². The van der Waals surface area contributed by atoms with Gasteiger partial charge in [0.05, 0.1) is 0 Å². The number of aryl methyl sites for hydroxylation is 3. The van der Waals surface area contributed by atoms with Crippen molar-refractivity contribution in [2.45, 2.75) is 33.2 Å². The van der Waals surface area contributed by atoms with Gasteiger partial charge in [-0.25, -0.2) is 9.67 Å². The summed E-state index contributed by atoms with van der Waals surface area (Å²) < 4.78 is 3.58. The van der Waals surface area contributed by atoms with Gasteiger partial charge in [0.1, 0.15) is 12.4 Å². The molecular formula is C13H18N4O. The van der Waals surface area contributed by atoms with Gasteiger partial charge < -0.3 is 4.57 Å². The molecule has 2 rings (SSSR count). The van der Waals surface area contributed by atoms with E-state index >= 15 is 0 Å². The average Bonchev–Trinajstić information content (AvgIpc) is 2.95. The van der Waals surface area contributed by atoms with Gasteiger partial charge in [-0.05, 0) is 6.07 Å². The first-order valence-corrected chi connectivity index (χ1v) is 6.21. The van der Waals surface area contributed by atoms with Crippen LogP contribution in [0.4, 0.5) is 0 Å². The number of carbonyl (C=O) groups excluding carboxylic acids is 1. The molecule has 96 valence electrons. The van der Waals surface area contributed by atoms with E-state index in [1.165, 1.54) is 0 Å². The van der Waals surface area contributed by atoms with E-state index < -0.39 is 0 Å². The van der Waals surface area contributed by atoms with Gasteiger partial charge in [-0.3, -0.25) is 4.79 Å². The first kappa shape index (κ1) is 12.5. The summed E-state index contributed by atoms with van der Waals surface area (Å²) >= 11 is 0. The van der Waals surface area contributed by atoms with E-state index in [0.29, 0.717) is 5.56 Å². The molecule has 5 heteroatoms. The van der Waals surface area contributed by atoms with Crippen LogP contribution in [-0.4, -0.2) is 25.1 Å². The van der Waals surface area contributed by atoms with Gasteiger partial charge >= 0.3 is 0 Å². The minimum Gasteiger partial charge on any atom is -0.357 e. The normalized spacial score (nSPS) is 10.8. The summed E-state index contributed by atoms with van der Waals surface area (Å²) in [6.07, 6.45) is 5.27. The van der Waals surface area contributed by atoms with Crippen molar-refractivity contribution in [3.05, 3.63) is 35.7 Å². The highest BCUT2D eigenvalue weighted by Gasteiger charge is 2.13. The quantitative estimate of drug-likeness (QED) is 0.753. The smallest absolute Gasteiger partial charge is 0.185 e. The number of Topliss-reactive ketones (excluding diaryl/α,β-unsaturated/α-hetero) is 1. The zero-order chi connectivity index (χ0) is 13.1. The van der Waals surface area contributed by atoms with E-state index in [2.05, 4.69) is 10.1 Å². The molecule has 0 aliphatic heterocycles. The Balaban J connectivity index is 2.18. The first-order valence-electron chi connectivity index (χ1n) is 6.21. The molecule has 0 radical (unpaired) electrons. The van der Waals surface area contributed by atoms with Crippen LogP contribution in [0.25, 0.3) is 0 Å². The lowest BCUT2D eigenvalue weighted by Crippen LogP contribution is -2.14. The molecule has 0 aliphatic carbocycles. The van der Waals surface area contributed by atoms with Crippen LogP contribution in [0.1, 0.15) is 35.9 Å². The fourth-order valence-electron chi connectivity index (χ4n) is 1.86. The van der Waals surface area contributed by atoms with E-state index in [1.807, 2.05) is 43.9 Å². The summed E-state index contributed by atoms with van der Waals surface area (Å²) in [6.45, 7) is 4.30. The Kier molecular flexibility index (Phi) is 3.60. The zero-order valence-electron chi connectivity index (χ0n) is 11.1. The molecule has 0 fully saturated rings. The molecule has 5 nitrogen and oxygen atoms in total. The van der Waals surface area contributed by atoms with E-state index in [9.17, 15) is 4.79 Å². The van der Waals surface area contributed by atoms with Gasteiger partial charge in [0.15, 0.2) is 11.6 Å². The first-order chi connectivity index (χ1) is 8.63. The second-order valence-electron chi connectivity index (χ2n) is 4.30. The Labute approximate surface area is 106 Å². The summed E-state index contributed by atoms with van der Waals surface area (Å²) in [5.41, 5.74) is 0.716. The maximum Gasteiger partial charge on any atom is 0.185 e. The topological polar surface area (TPSA) is 52.7 Å². The summed E-state index contributed by atoms with van der Waals surface area (Å²) in [4.78, 5) is 16.5. The van der Waals surface area contributed by atoms with Crippen LogP contribution in [-0.2, 0) is 26.4 Å². The number of rotatable bonds is 5. The standard InChI is InChI=1S/C13H18N4O/c1-4-12-14-13(5-2)17(15-12)9-11(18)10-6-7-16(3)8-10/h6-8H,4-5,9H2,1-3H3. The number of nitrogens with zero attached hydrogens (tertiary/aromatic N) is 4. The van der Waals surface area contributed by atoms with Gasteiger partial charge in [-0.2, -0.15) is 5.10 Å². The lowest BCUT2D eigenvalue weighted by molar-refractivity contribution is 0.0966. The molecule has 0 saturated heterocycles. The van der Waals surface area contributed by atoms with Gasteiger partial charge in [-0.1, -0.05) is 13.8 Å². The Hall–Kier alpha value is -1.91. The van der Waals surface area contributed by atoms with Crippen LogP contribution < -0.4 is 0 Å². The molecule has 0 amide bonds. The van der Waals surface area contributed by atoms with E-state index in [1.54, 1.807) is 4.68 Å². The highest BCUT2D eigenvalue weighted by Crippen LogP contribution is 2.06. The van der Waals surface area contributed by atoms with Gasteiger partial charge in [0.25, 0.3) is 0 Å². The van der Waals surface area contributed by atoms with Crippen LogP contribution in [0, 0.1) is 0 Å². The minimum atomic E-state index is 0.0675. The fraction of sp³-hybridized carbons (Fsp3) is 0.462. The Bertz CT molecular complexity index is 553. The van der Waals surface area contributed by atoms with Crippen molar-refractivity contribution in [2.75, 3.05) is 0 Å². The van der Waals surface area contributed by atoms with Crippen molar-refractivity contribution in [1.82, 2.24) is 19.3 Å². The molecule has 0 N–H and O–H groups in total. The second kappa shape index (κ2) is 5.16. The second-order valence-corrected chi connectivity index (χ2v) is 4.30. The molecule has 2 heterocycles. The molecule has 0 aliphatic rings. The molecule has 2 aromatic rings. The summed E-state index contributed by atoms with van der Waals surface area (Å²) in [5, 5.41) is 4.35. The minimum absolute atomic E-state index is 0.0675. The summed E-state index contributed by atoms with van der Waals surface area (Å²) in [7, 11) is 1.90. The maximum absolute atomic E-state index is 12.1.